The molecule has 0 saturated heterocycles. The summed E-state index contributed by atoms with van der Waals surface area (Å²) in [5.74, 6) is 0. The summed E-state index contributed by atoms with van der Waals surface area (Å²) in [7, 11) is -3.49. The highest BCUT2D eigenvalue weighted by atomic mass is 79.9. The molecule has 0 saturated carbocycles. The van der Waals surface area contributed by atoms with Crippen molar-refractivity contribution in [2.45, 2.75) is 71.8 Å². The third-order valence-electron chi connectivity index (χ3n) is 4.73. The molecule has 2 atom stereocenters. The molecule has 0 heterocycles. The Morgan fingerprint density at radius 3 is 1.33 bits per heavy atom. The topological polar surface area (TPSA) is 34.1 Å². The zero-order valence-electron chi connectivity index (χ0n) is 16.0. The molecule has 0 fully saturated rings. The van der Waals surface area contributed by atoms with Crippen molar-refractivity contribution < 1.29 is 8.42 Å². The van der Waals surface area contributed by atoms with Crippen LogP contribution in [0.15, 0.2) is 58.3 Å². The van der Waals surface area contributed by atoms with Gasteiger partial charge in [0.1, 0.15) is 0 Å². The van der Waals surface area contributed by atoms with Gasteiger partial charge < -0.3 is 0 Å². The number of unbranched alkanes of at least 4 members (excludes halogenated alkanes) is 2. The van der Waals surface area contributed by atoms with Crippen molar-refractivity contribution in [3.05, 3.63) is 59.7 Å². The summed E-state index contributed by atoms with van der Waals surface area (Å²) in [5, 5.41) is 0. The van der Waals surface area contributed by atoms with Crippen LogP contribution in [0.4, 0.5) is 0 Å². The molecule has 0 aliphatic carbocycles. The summed E-state index contributed by atoms with van der Waals surface area (Å²) < 4.78 is 25.8. The first-order valence-electron chi connectivity index (χ1n) is 9.63. The van der Waals surface area contributed by atoms with Gasteiger partial charge in [0.05, 0.1) is 9.79 Å². The van der Waals surface area contributed by atoms with Crippen molar-refractivity contribution in [2.75, 3.05) is 0 Å². The second kappa shape index (κ2) is 10.8. The molecular weight excluding hydrogens is 488 g/mol. The second-order valence-corrected chi connectivity index (χ2v) is 11.0. The average Bonchev–Trinajstić information content (AvgIpc) is 2.70. The Bertz CT molecular complexity index is 736. The van der Waals surface area contributed by atoms with Gasteiger partial charge in [0.15, 0.2) is 0 Å². The van der Waals surface area contributed by atoms with E-state index in [0.717, 1.165) is 49.7 Å². The summed E-state index contributed by atoms with van der Waals surface area (Å²) in [6, 6.07) is 14.5. The average molecular weight is 516 g/mol. The van der Waals surface area contributed by atoms with E-state index in [2.05, 4.69) is 45.7 Å². The Hall–Kier alpha value is -0.650. The van der Waals surface area contributed by atoms with Gasteiger partial charge in [-0.2, -0.15) is 0 Å². The predicted octanol–water partition coefficient (Wildman–Crippen LogP) is 7.77. The molecule has 27 heavy (non-hydrogen) atoms. The van der Waals surface area contributed by atoms with Crippen LogP contribution in [0, 0.1) is 0 Å². The summed E-state index contributed by atoms with van der Waals surface area (Å²) in [4.78, 5) is 1.23. The molecule has 2 rings (SSSR count). The molecule has 0 bridgehead atoms. The lowest BCUT2D eigenvalue weighted by Crippen LogP contribution is -2.03. The lowest BCUT2D eigenvalue weighted by atomic mass is 10.1. The van der Waals surface area contributed by atoms with Gasteiger partial charge in [0.2, 0.25) is 9.84 Å². The monoisotopic (exact) mass is 514 g/mol. The molecule has 0 spiro atoms. The first-order valence-corrected chi connectivity index (χ1v) is 12.9. The predicted molar refractivity (Wildman–Crippen MR) is 121 cm³/mol. The standard InChI is InChI=1S/C22H28Br2O2S/c1-3-5-7-21(23)17-9-13-19(14-10-17)27(25,26)20-15-11-18(12-16-20)22(24)8-6-4-2/h9-16,21-22H,3-8H2,1-2H3. The first-order chi connectivity index (χ1) is 12.9. The minimum Gasteiger partial charge on any atom is -0.219 e. The summed E-state index contributed by atoms with van der Waals surface area (Å²) in [6.45, 7) is 4.34. The van der Waals surface area contributed by atoms with Gasteiger partial charge >= 0.3 is 0 Å². The molecule has 0 aliphatic rings. The van der Waals surface area contributed by atoms with E-state index in [1.807, 2.05) is 24.3 Å². The molecule has 0 N–H and O–H groups in total. The normalized spacial score (nSPS) is 14.1. The molecule has 0 aromatic heterocycles. The van der Waals surface area contributed by atoms with Crippen LogP contribution in [0.25, 0.3) is 0 Å². The Morgan fingerprint density at radius 2 is 1.04 bits per heavy atom. The van der Waals surface area contributed by atoms with Crippen molar-refractivity contribution in [3.8, 4) is 0 Å². The number of sulfone groups is 1. The number of halogens is 2. The van der Waals surface area contributed by atoms with E-state index in [1.165, 1.54) is 0 Å². The SMILES string of the molecule is CCCCC(Br)c1ccc(S(=O)(=O)c2ccc(C(Br)CCCC)cc2)cc1. The Morgan fingerprint density at radius 1 is 0.704 bits per heavy atom. The Labute approximate surface area is 180 Å². The lowest BCUT2D eigenvalue weighted by Gasteiger charge is -2.12. The molecule has 5 heteroatoms. The molecule has 2 aromatic carbocycles. The van der Waals surface area contributed by atoms with Gasteiger partial charge in [0.25, 0.3) is 0 Å². The Balaban J connectivity index is 2.15. The molecule has 148 valence electrons. The molecule has 2 nitrogen and oxygen atoms in total. The second-order valence-electron chi connectivity index (χ2n) is 6.86. The van der Waals surface area contributed by atoms with Crippen molar-refractivity contribution in [2.24, 2.45) is 0 Å². The van der Waals surface area contributed by atoms with Gasteiger partial charge in [-0.05, 0) is 48.2 Å². The van der Waals surface area contributed by atoms with E-state index < -0.39 is 9.84 Å². The van der Waals surface area contributed by atoms with Crippen LogP contribution in [0.1, 0.15) is 73.2 Å². The highest BCUT2D eigenvalue weighted by molar-refractivity contribution is 9.09. The first kappa shape index (κ1) is 22.6. The van der Waals surface area contributed by atoms with Crippen LogP contribution in [0.2, 0.25) is 0 Å². The number of hydrogen-bond acceptors (Lipinski definition) is 2. The largest absolute Gasteiger partial charge is 0.219 e. The molecule has 0 aliphatic heterocycles. The molecular formula is C22H28Br2O2S. The van der Waals surface area contributed by atoms with Crippen LogP contribution < -0.4 is 0 Å². The number of hydrogen-bond donors (Lipinski definition) is 0. The quantitative estimate of drug-likeness (QED) is 0.303. The van der Waals surface area contributed by atoms with Gasteiger partial charge in [0, 0.05) is 9.65 Å². The highest BCUT2D eigenvalue weighted by Gasteiger charge is 2.19. The van der Waals surface area contributed by atoms with E-state index in [1.54, 1.807) is 24.3 Å². The van der Waals surface area contributed by atoms with E-state index in [9.17, 15) is 8.42 Å². The van der Waals surface area contributed by atoms with Crippen molar-refractivity contribution in [3.63, 3.8) is 0 Å². The summed E-state index contributed by atoms with van der Waals surface area (Å²) in [6.07, 6.45) is 6.70. The van der Waals surface area contributed by atoms with Crippen molar-refractivity contribution in [1.29, 1.82) is 0 Å². The van der Waals surface area contributed by atoms with Crippen LogP contribution in [-0.2, 0) is 9.84 Å². The highest BCUT2D eigenvalue weighted by Crippen LogP contribution is 2.32. The van der Waals surface area contributed by atoms with Crippen molar-refractivity contribution >= 4 is 41.7 Å². The number of alkyl halides is 2. The molecule has 0 radical (unpaired) electrons. The fourth-order valence-electron chi connectivity index (χ4n) is 2.95. The maximum absolute atomic E-state index is 12.9. The van der Waals surface area contributed by atoms with Gasteiger partial charge in [-0.25, -0.2) is 8.42 Å². The Kier molecular flexibility index (Phi) is 9.03. The fraction of sp³-hybridized carbons (Fsp3) is 0.455. The van der Waals surface area contributed by atoms with Crippen molar-refractivity contribution in [1.82, 2.24) is 0 Å². The maximum Gasteiger partial charge on any atom is 0.206 e. The van der Waals surface area contributed by atoms with Crippen LogP contribution in [-0.4, -0.2) is 8.42 Å². The molecule has 2 aromatic rings. The van der Waals surface area contributed by atoms with Gasteiger partial charge in [-0.1, -0.05) is 95.7 Å². The van der Waals surface area contributed by atoms with Crippen LogP contribution in [0.3, 0.4) is 0 Å². The van der Waals surface area contributed by atoms with E-state index in [-0.39, 0.29) is 9.65 Å². The van der Waals surface area contributed by atoms with E-state index >= 15 is 0 Å². The minimum absolute atomic E-state index is 0.271. The third kappa shape index (κ3) is 6.16. The smallest absolute Gasteiger partial charge is 0.206 e. The van der Waals surface area contributed by atoms with E-state index in [0.29, 0.717) is 9.79 Å². The molecule has 0 amide bonds. The van der Waals surface area contributed by atoms with Gasteiger partial charge in [-0.3, -0.25) is 0 Å². The minimum atomic E-state index is -3.49. The zero-order chi connectivity index (χ0) is 19.9. The van der Waals surface area contributed by atoms with E-state index in [4.69, 9.17) is 0 Å². The van der Waals surface area contributed by atoms with Gasteiger partial charge in [-0.15, -0.1) is 0 Å². The van der Waals surface area contributed by atoms with Crippen LogP contribution >= 0.6 is 31.9 Å². The number of rotatable bonds is 10. The summed E-state index contributed by atoms with van der Waals surface area (Å²) >= 11 is 7.38. The zero-order valence-corrected chi connectivity index (χ0v) is 20.0. The third-order valence-corrected chi connectivity index (χ3v) is 8.48. The number of benzene rings is 2. The summed E-state index contributed by atoms with van der Waals surface area (Å²) in [5.41, 5.74) is 2.24. The molecule has 2 unspecified atom stereocenters. The lowest BCUT2D eigenvalue weighted by molar-refractivity contribution is 0.596. The maximum atomic E-state index is 12.9. The fourth-order valence-corrected chi connectivity index (χ4v) is 5.47. The van der Waals surface area contributed by atoms with Crippen LogP contribution in [0.5, 0.6) is 0 Å².